The van der Waals surface area contributed by atoms with E-state index in [9.17, 15) is 13.0 Å². The summed E-state index contributed by atoms with van der Waals surface area (Å²) in [5.41, 5.74) is 0. The maximum atomic E-state index is 10.1. The lowest BCUT2D eigenvalue weighted by Gasteiger charge is -2.14. The van der Waals surface area contributed by atoms with Gasteiger partial charge in [0.25, 0.3) is 0 Å². The van der Waals surface area contributed by atoms with E-state index in [1.165, 1.54) is 6.42 Å². The van der Waals surface area contributed by atoms with Crippen LogP contribution in [0.25, 0.3) is 0 Å². The fourth-order valence-electron chi connectivity index (χ4n) is 1.34. The molecular formula is C10H21O5S-. The lowest BCUT2D eigenvalue weighted by Crippen LogP contribution is -2.14. The van der Waals surface area contributed by atoms with Crippen LogP contribution in [-0.2, 0) is 19.3 Å². The minimum Gasteiger partial charge on any atom is -0.726 e. The maximum Gasteiger partial charge on any atom is 0.217 e. The number of hydrogen-bond donors (Lipinski definition) is 0. The third kappa shape index (κ3) is 10.4. The average Bonchev–Trinajstić information content (AvgIpc) is 2.20. The van der Waals surface area contributed by atoms with Crippen molar-refractivity contribution in [2.75, 3.05) is 19.8 Å². The quantitative estimate of drug-likeness (QED) is 0.336. The van der Waals surface area contributed by atoms with Gasteiger partial charge in [0.15, 0.2) is 0 Å². The standard InChI is InChI=1S/C10H22O5S/c1-3-5-6-10(4-2)9-14-7-8-15-16(11,12)13/h10H,3-9H2,1-2H3,(H,11,12,13)/p-1. The van der Waals surface area contributed by atoms with Crippen LogP contribution in [0.2, 0.25) is 0 Å². The first-order valence-corrected chi connectivity index (χ1v) is 7.00. The highest BCUT2D eigenvalue weighted by Crippen LogP contribution is 2.12. The van der Waals surface area contributed by atoms with Gasteiger partial charge in [-0.3, -0.25) is 4.18 Å². The molecule has 0 aliphatic carbocycles. The predicted molar refractivity (Wildman–Crippen MR) is 59.8 cm³/mol. The summed E-state index contributed by atoms with van der Waals surface area (Å²) < 4.78 is 39.5. The molecule has 0 amide bonds. The van der Waals surface area contributed by atoms with Crippen LogP contribution in [0.5, 0.6) is 0 Å². The molecule has 0 aliphatic heterocycles. The SMILES string of the molecule is CCCCC(CC)COCCOS(=O)(=O)[O-]. The van der Waals surface area contributed by atoms with Gasteiger partial charge in [0, 0.05) is 6.61 Å². The molecule has 5 nitrogen and oxygen atoms in total. The number of hydrogen-bond acceptors (Lipinski definition) is 5. The van der Waals surface area contributed by atoms with Gasteiger partial charge < -0.3 is 9.29 Å². The summed E-state index contributed by atoms with van der Waals surface area (Å²) in [6.45, 7) is 4.78. The summed E-state index contributed by atoms with van der Waals surface area (Å²) >= 11 is 0. The van der Waals surface area contributed by atoms with Crippen molar-refractivity contribution < 1.29 is 21.9 Å². The normalized spacial score (nSPS) is 13.9. The Morgan fingerprint density at radius 3 is 2.44 bits per heavy atom. The lowest BCUT2D eigenvalue weighted by molar-refractivity contribution is 0.0680. The van der Waals surface area contributed by atoms with E-state index < -0.39 is 10.4 Å². The number of ether oxygens (including phenoxy) is 1. The molecule has 0 aromatic heterocycles. The molecule has 0 saturated carbocycles. The minimum atomic E-state index is -4.57. The van der Waals surface area contributed by atoms with E-state index >= 15 is 0 Å². The van der Waals surface area contributed by atoms with Crippen molar-refractivity contribution in [3.05, 3.63) is 0 Å². The molecule has 0 rings (SSSR count). The van der Waals surface area contributed by atoms with Crippen molar-refractivity contribution in [3.63, 3.8) is 0 Å². The van der Waals surface area contributed by atoms with E-state index in [0.717, 1.165) is 19.3 Å². The first kappa shape index (κ1) is 15.8. The zero-order chi connectivity index (χ0) is 12.4. The Bertz CT molecular complexity index is 250. The highest BCUT2D eigenvalue weighted by Gasteiger charge is 2.05. The second-order valence-corrected chi connectivity index (χ2v) is 4.77. The van der Waals surface area contributed by atoms with Crippen LogP contribution in [-0.4, -0.2) is 32.8 Å². The summed E-state index contributed by atoms with van der Waals surface area (Å²) in [6.07, 6.45) is 4.50. The summed E-state index contributed by atoms with van der Waals surface area (Å²) in [6, 6.07) is 0. The van der Waals surface area contributed by atoms with Crippen molar-refractivity contribution in [3.8, 4) is 0 Å². The van der Waals surface area contributed by atoms with Gasteiger partial charge in [-0.1, -0.05) is 33.1 Å². The zero-order valence-corrected chi connectivity index (χ0v) is 10.8. The van der Waals surface area contributed by atoms with Crippen LogP contribution < -0.4 is 0 Å². The Labute approximate surface area is 98.1 Å². The minimum absolute atomic E-state index is 0.143. The van der Waals surface area contributed by atoms with Crippen molar-refractivity contribution in [1.29, 1.82) is 0 Å². The molecule has 0 aliphatic rings. The van der Waals surface area contributed by atoms with E-state index in [1.807, 2.05) is 0 Å². The second-order valence-electron chi connectivity index (χ2n) is 3.72. The molecule has 0 aromatic rings. The second kappa shape index (κ2) is 8.92. The Kier molecular flexibility index (Phi) is 8.83. The molecule has 0 saturated heterocycles. The lowest BCUT2D eigenvalue weighted by atomic mass is 10.0. The highest BCUT2D eigenvalue weighted by molar-refractivity contribution is 7.80. The van der Waals surface area contributed by atoms with E-state index in [-0.39, 0.29) is 13.2 Å². The van der Waals surface area contributed by atoms with Crippen LogP contribution in [0.4, 0.5) is 0 Å². The van der Waals surface area contributed by atoms with Crippen molar-refractivity contribution >= 4 is 10.4 Å². The Morgan fingerprint density at radius 2 is 1.94 bits per heavy atom. The molecule has 98 valence electrons. The van der Waals surface area contributed by atoms with Crippen LogP contribution >= 0.6 is 0 Å². The van der Waals surface area contributed by atoms with Crippen molar-refractivity contribution in [2.24, 2.45) is 5.92 Å². The Morgan fingerprint density at radius 1 is 1.25 bits per heavy atom. The molecule has 1 unspecified atom stereocenters. The van der Waals surface area contributed by atoms with Crippen molar-refractivity contribution in [2.45, 2.75) is 39.5 Å². The third-order valence-corrected chi connectivity index (χ3v) is 2.81. The van der Waals surface area contributed by atoms with Gasteiger partial charge in [-0.05, 0) is 12.3 Å². The van der Waals surface area contributed by atoms with Crippen LogP contribution in [0.15, 0.2) is 0 Å². The smallest absolute Gasteiger partial charge is 0.217 e. The van der Waals surface area contributed by atoms with Gasteiger partial charge in [-0.15, -0.1) is 0 Å². The van der Waals surface area contributed by atoms with E-state index in [2.05, 4.69) is 18.0 Å². The fraction of sp³-hybridized carbons (Fsp3) is 1.00. The molecule has 0 fully saturated rings. The highest BCUT2D eigenvalue weighted by atomic mass is 32.3. The first-order valence-electron chi connectivity index (χ1n) is 5.67. The molecule has 0 aromatic carbocycles. The molecule has 16 heavy (non-hydrogen) atoms. The van der Waals surface area contributed by atoms with Crippen molar-refractivity contribution in [1.82, 2.24) is 0 Å². The number of rotatable bonds is 10. The van der Waals surface area contributed by atoms with Gasteiger partial charge in [-0.2, -0.15) is 0 Å². The molecule has 0 spiro atoms. The third-order valence-electron chi connectivity index (χ3n) is 2.35. The van der Waals surface area contributed by atoms with Gasteiger partial charge in [0.2, 0.25) is 10.4 Å². The zero-order valence-electron chi connectivity index (χ0n) is 9.98. The van der Waals surface area contributed by atoms with Crippen LogP contribution in [0.1, 0.15) is 39.5 Å². The van der Waals surface area contributed by atoms with E-state index in [1.54, 1.807) is 0 Å². The predicted octanol–water partition coefficient (Wildman–Crippen LogP) is 1.70. The summed E-state index contributed by atoms with van der Waals surface area (Å²) in [4.78, 5) is 0. The molecule has 6 heteroatoms. The molecular weight excluding hydrogens is 232 g/mol. The molecule has 0 heterocycles. The Balaban J connectivity index is 3.48. The monoisotopic (exact) mass is 253 g/mol. The number of unbranched alkanes of at least 4 members (excludes halogenated alkanes) is 1. The van der Waals surface area contributed by atoms with Gasteiger partial charge in [0.1, 0.15) is 0 Å². The maximum absolute atomic E-state index is 10.1. The summed E-state index contributed by atoms with van der Waals surface area (Å²) in [7, 11) is -4.57. The average molecular weight is 253 g/mol. The Hall–Kier alpha value is -0.170. The van der Waals surface area contributed by atoms with Crippen LogP contribution in [0.3, 0.4) is 0 Å². The fourth-order valence-corrected chi connectivity index (χ4v) is 1.62. The molecule has 0 radical (unpaired) electrons. The topological polar surface area (TPSA) is 75.7 Å². The van der Waals surface area contributed by atoms with Gasteiger partial charge in [0.05, 0.1) is 13.2 Å². The van der Waals surface area contributed by atoms with E-state index in [0.29, 0.717) is 12.5 Å². The van der Waals surface area contributed by atoms with Gasteiger partial charge >= 0.3 is 0 Å². The molecule has 1 atom stereocenters. The molecule has 0 bridgehead atoms. The largest absolute Gasteiger partial charge is 0.726 e. The first-order chi connectivity index (χ1) is 7.49. The summed E-state index contributed by atoms with van der Waals surface area (Å²) in [5, 5.41) is 0. The summed E-state index contributed by atoms with van der Waals surface area (Å²) in [5.74, 6) is 0.504. The van der Waals surface area contributed by atoms with Crippen LogP contribution in [0, 0.1) is 5.92 Å². The molecule has 0 N–H and O–H groups in total. The van der Waals surface area contributed by atoms with Gasteiger partial charge in [-0.25, -0.2) is 8.42 Å². The van der Waals surface area contributed by atoms with E-state index in [4.69, 9.17) is 4.74 Å².